The van der Waals surface area contributed by atoms with E-state index in [1.54, 1.807) is 6.07 Å². The Bertz CT molecular complexity index is 511. The van der Waals surface area contributed by atoms with Gasteiger partial charge in [-0.15, -0.1) is 0 Å². The summed E-state index contributed by atoms with van der Waals surface area (Å²) < 4.78 is 0. The highest BCUT2D eigenvalue weighted by molar-refractivity contribution is 7.08. The molecular formula is C11H9ClN2OS. The van der Waals surface area contributed by atoms with Gasteiger partial charge in [0.1, 0.15) is 0 Å². The van der Waals surface area contributed by atoms with E-state index < -0.39 is 0 Å². The number of aryl methyl sites for hydroxylation is 1. The molecule has 0 aliphatic heterocycles. The van der Waals surface area contributed by atoms with Crippen LogP contribution < -0.4 is 5.32 Å². The molecule has 0 unspecified atom stereocenters. The van der Waals surface area contributed by atoms with Gasteiger partial charge in [-0.2, -0.15) is 11.3 Å². The molecule has 16 heavy (non-hydrogen) atoms. The van der Waals surface area contributed by atoms with Crippen molar-refractivity contribution in [2.75, 3.05) is 5.32 Å². The number of halogens is 1. The average Bonchev–Trinajstić information content (AvgIpc) is 2.70. The fourth-order valence-electron chi connectivity index (χ4n) is 1.23. The molecule has 2 aromatic heterocycles. The van der Waals surface area contributed by atoms with Crippen LogP contribution in [0.25, 0.3) is 0 Å². The van der Waals surface area contributed by atoms with E-state index in [4.69, 9.17) is 11.6 Å². The molecular weight excluding hydrogens is 244 g/mol. The first-order valence-corrected chi connectivity index (χ1v) is 5.94. The predicted molar refractivity (Wildman–Crippen MR) is 66.3 cm³/mol. The molecule has 0 saturated heterocycles. The number of hydrogen-bond donors (Lipinski definition) is 1. The highest BCUT2D eigenvalue weighted by atomic mass is 35.5. The Kier molecular flexibility index (Phi) is 3.22. The maximum Gasteiger partial charge on any atom is 0.258 e. The third-order valence-corrected chi connectivity index (χ3v) is 3.01. The fraction of sp³-hybridized carbons (Fsp3) is 0.0909. The second kappa shape index (κ2) is 4.63. The van der Waals surface area contributed by atoms with Gasteiger partial charge in [-0.25, -0.2) is 0 Å². The van der Waals surface area contributed by atoms with Gasteiger partial charge in [0.05, 0.1) is 16.3 Å². The van der Waals surface area contributed by atoms with Gasteiger partial charge < -0.3 is 5.32 Å². The molecule has 3 nitrogen and oxygen atoms in total. The zero-order valence-electron chi connectivity index (χ0n) is 8.53. The molecule has 2 aromatic rings. The number of hydrogen-bond acceptors (Lipinski definition) is 3. The monoisotopic (exact) mass is 252 g/mol. The molecule has 0 fully saturated rings. The smallest absolute Gasteiger partial charge is 0.258 e. The molecule has 1 amide bonds. The van der Waals surface area contributed by atoms with Gasteiger partial charge in [0.25, 0.3) is 5.91 Å². The molecule has 1 N–H and O–H groups in total. The van der Waals surface area contributed by atoms with Crippen LogP contribution in [0.3, 0.4) is 0 Å². The number of nitrogens with one attached hydrogen (secondary N) is 1. The maximum atomic E-state index is 11.8. The Labute approximate surface area is 102 Å². The Morgan fingerprint density at radius 3 is 3.00 bits per heavy atom. The predicted octanol–water partition coefficient (Wildman–Crippen LogP) is 3.36. The zero-order chi connectivity index (χ0) is 11.5. The van der Waals surface area contributed by atoms with Crippen LogP contribution in [0.1, 0.15) is 16.1 Å². The largest absolute Gasteiger partial charge is 0.321 e. The number of anilines is 1. The van der Waals surface area contributed by atoms with Crippen LogP contribution in [-0.4, -0.2) is 10.9 Å². The molecule has 82 valence electrons. The van der Waals surface area contributed by atoms with Crippen LogP contribution in [0.4, 0.5) is 5.69 Å². The molecule has 0 radical (unpaired) electrons. The minimum atomic E-state index is -0.240. The molecule has 0 aromatic carbocycles. The van der Waals surface area contributed by atoms with E-state index in [9.17, 15) is 4.79 Å². The van der Waals surface area contributed by atoms with Crippen molar-refractivity contribution in [3.63, 3.8) is 0 Å². The van der Waals surface area contributed by atoms with Crippen molar-refractivity contribution < 1.29 is 4.79 Å². The van der Waals surface area contributed by atoms with Gasteiger partial charge in [0, 0.05) is 17.3 Å². The normalized spacial score (nSPS) is 10.1. The molecule has 0 aliphatic carbocycles. The van der Waals surface area contributed by atoms with Gasteiger partial charge in [-0.1, -0.05) is 11.6 Å². The Hall–Kier alpha value is -1.39. The average molecular weight is 253 g/mol. The first-order valence-electron chi connectivity index (χ1n) is 4.62. The van der Waals surface area contributed by atoms with Crippen molar-refractivity contribution >= 4 is 34.5 Å². The second-order valence-corrected chi connectivity index (χ2v) is 4.46. The van der Waals surface area contributed by atoms with E-state index in [1.165, 1.54) is 17.5 Å². The summed E-state index contributed by atoms with van der Waals surface area (Å²) in [6, 6.07) is 3.50. The lowest BCUT2D eigenvalue weighted by molar-refractivity contribution is 0.102. The minimum absolute atomic E-state index is 0.240. The maximum absolute atomic E-state index is 11.8. The summed E-state index contributed by atoms with van der Waals surface area (Å²) in [5, 5.41) is 6.91. The molecule has 0 spiro atoms. The van der Waals surface area contributed by atoms with Crippen molar-refractivity contribution in [3.8, 4) is 0 Å². The molecule has 5 heteroatoms. The van der Waals surface area contributed by atoms with Crippen LogP contribution in [0.2, 0.25) is 5.02 Å². The first kappa shape index (κ1) is 11.1. The number of rotatable bonds is 2. The topological polar surface area (TPSA) is 42.0 Å². The summed E-state index contributed by atoms with van der Waals surface area (Å²) in [5.41, 5.74) is 1.95. The molecule has 2 heterocycles. The first-order chi connectivity index (χ1) is 7.66. The lowest BCUT2D eigenvalue weighted by Gasteiger charge is -2.04. The van der Waals surface area contributed by atoms with E-state index >= 15 is 0 Å². The van der Waals surface area contributed by atoms with Crippen LogP contribution in [-0.2, 0) is 0 Å². The quantitative estimate of drug-likeness (QED) is 0.891. The summed E-state index contributed by atoms with van der Waals surface area (Å²) in [7, 11) is 0. The summed E-state index contributed by atoms with van der Waals surface area (Å²) in [6.07, 6.45) is 1.49. The third kappa shape index (κ3) is 2.40. The molecule has 0 atom stereocenters. The number of thiophene rings is 1. The summed E-state index contributed by atoms with van der Waals surface area (Å²) >= 11 is 7.49. The van der Waals surface area contributed by atoms with Crippen molar-refractivity contribution in [2.45, 2.75) is 6.92 Å². The van der Waals surface area contributed by atoms with Gasteiger partial charge in [-0.05, 0) is 24.4 Å². The Morgan fingerprint density at radius 2 is 2.38 bits per heavy atom. The van der Waals surface area contributed by atoms with E-state index in [0.717, 1.165) is 11.4 Å². The van der Waals surface area contributed by atoms with Crippen molar-refractivity contribution in [1.29, 1.82) is 0 Å². The SMILES string of the molecule is Cc1cc(Cl)c(C(=O)Nc2ccsc2)cn1. The number of carbonyl (C=O) groups excluding carboxylic acids is 1. The number of carbonyl (C=O) groups is 1. The van der Waals surface area contributed by atoms with Crippen LogP contribution in [0.5, 0.6) is 0 Å². The number of nitrogens with zero attached hydrogens (tertiary/aromatic N) is 1. The molecule has 2 rings (SSSR count). The summed E-state index contributed by atoms with van der Waals surface area (Å²) in [6.45, 7) is 1.83. The van der Waals surface area contributed by atoms with Gasteiger partial charge in [-0.3, -0.25) is 9.78 Å². The lowest BCUT2D eigenvalue weighted by Crippen LogP contribution is -2.12. The molecule has 0 aliphatic rings. The molecule has 0 bridgehead atoms. The minimum Gasteiger partial charge on any atom is -0.321 e. The number of amides is 1. The number of aromatic nitrogens is 1. The van der Waals surface area contributed by atoms with Gasteiger partial charge in [0.15, 0.2) is 0 Å². The van der Waals surface area contributed by atoms with Gasteiger partial charge in [0.2, 0.25) is 0 Å². The van der Waals surface area contributed by atoms with Crippen molar-refractivity contribution in [3.05, 3.63) is 45.4 Å². The summed E-state index contributed by atoms with van der Waals surface area (Å²) in [5.74, 6) is -0.240. The van der Waals surface area contributed by atoms with Crippen molar-refractivity contribution in [1.82, 2.24) is 4.98 Å². The van der Waals surface area contributed by atoms with Crippen LogP contribution in [0.15, 0.2) is 29.1 Å². The second-order valence-electron chi connectivity index (χ2n) is 3.27. The highest BCUT2D eigenvalue weighted by Gasteiger charge is 2.11. The zero-order valence-corrected chi connectivity index (χ0v) is 10.1. The van der Waals surface area contributed by atoms with Crippen LogP contribution in [0, 0.1) is 6.92 Å². The van der Waals surface area contributed by atoms with E-state index in [1.807, 2.05) is 23.8 Å². The fourth-order valence-corrected chi connectivity index (χ4v) is 2.11. The number of pyridine rings is 1. The Morgan fingerprint density at radius 1 is 1.56 bits per heavy atom. The highest BCUT2D eigenvalue weighted by Crippen LogP contribution is 2.18. The summed E-state index contributed by atoms with van der Waals surface area (Å²) in [4.78, 5) is 15.9. The van der Waals surface area contributed by atoms with E-state index in [2.05, 4.69) is 10.3 Å². The van der Waals surface area contributed by atoms with E-state index in [-0.39, 0.29) is 5.91 Å². The third-order valence-electron chi connectivity index (χ3n) is 2.01. The van der Waals surface area contributed by atoms with Crippen LogP contribution >= 0.6 is 22.9 Å². The lowest BCUT2D eigenvalue weighted by atomic mass is 10.2. The molecule has 0 saturated carbocycles. The van der Waals surface area contributed by atoms with Crippen molar-refractivity contribution in [2.24, 2.45) is 0 Å². The van der Waals surface area contributed by atoms with Gasteiger partial charge >= 0.3 is 0 Å². The Balaban J connectivity index is 2.21. The van der Waals surface area contributed by atoms with E-state index in [0.29, 0.717) is 10.6 Å². The standard InChI is InChI=1S/C11H9ClN2OS/c1-7-4-10(12)9(5-13-7)11(15)14-8-2-3-16-6-8/h2-6H,1H3,(H,14,15).